The van der Waals surface area contributed by atoms with Gasteiger partial charge in [0, 0.05) is 13.1 Å². The van der Waals surface area contributed by atoms with Gasteiger partial charge in [-0.2, -0.15) is 4.31 Å². The molecule has 33 heavy (non-hydrogen) atoms. The lowest BCUT2D eigenvalue weighted by Gasteiger charge is -2.21. The topological polar surface area (TPSA) is 88.6 Å². The highest BCUT2D eigenvalue weighted by molar-refractivity contribution is 7.89. The Morgan fingerprint density at radius 2 is 1.73 bits per heavy atom. The number of unbranched alkanes of at least 4 members (excludes halogenated alkanes) is 2. The Labute approximate surface area is 199 Å². The van der Waals surface area contributed by atoms with Gasteiger partial charge in [0.2, 0.25) is 15.9 Å². The van der Waals surface area contributed by atoms with Gasteiger partial charge in [0.1, 0.15) is 5.75 Å². The van der Waals surface area contributed by atoms with Crippen molar-refractivity contribution in [2.75, 3.05) is 25.5 Å². The van der Waals surface area contributed by atoms with E-state index in [0.29, 0.717) is 23.7 Å². The summed E-state index contributed by atoms with van der Waals surface area (Å²) in [6.45, 7) is 5.15. The van der Waals surface area contributed by atoms with Crippen LogP contribution in [0.4, 0.5) is 5.13 Å². The van der Waals surface area contributed by atoms with Crippen LogP contribution in [0.1, 0.15) is 45.1 Å². The van der Waals surface area contributed by atoms with Crippen LogP contribution in [-0.2, 0) is 21.2 Å². The quantitative estimate of drug-likeness (QED) is 0.383. The maximum absolute atomic E-state index is 13.3. The van der Waals surface area contributed by atoms with Crippen molar-refractivity contribution < 1.29 is 17.9 Å². The highest BCUT2D eigenvalue weighted by Gasteiger charge is 2.24. The molecular weight excluding hydrogens is 458 g/mol. The third-order valence-corrected chi connectivity index (χ3v) is 8.12. The first-order chi connectivity index (χ1) is 15.9. The number of nitrogens with one attached hydrogen (secondary N) is 1. The van der Waals surface area contributed by atoms with Crippen LogP contribution in [-0.4, -0.2) is 43.8 Å². The molecule has 1 amide bonds. The Morgan fingerprint density at radius 1 is 1.06 bits per heavy atom. The number of ether oxygens (including phenoxy) is 1. The molecular formula is C24H31N3O4S2. The first-order valence-electron chi connectivity index (χ1n) is 11.2. The number of nitrogens with zero attached hydrogens (tertiary/aromatic N) is 2. The van der Waals surface area contributed by atoms with Crippen molar-refractivity contribution in [3.05, 3.63) is 48.0 Å². The van der Waals surface area contributed by atoms with E-state index < -0.39 is 10.0 Å². The fraction of sp³-hybridized carbons (Fsp3) is 0.417. The highest BCUT2D eigenvalue weighted by atomic mass is 32.2. The number of hydrogen-bond acceptors (Lipinski definition) is 6. The molecule has 0 aliphatic rings. The minimum atomic E-state index is -3.58. The lowest BCUT2D eigenvalue weighted by molar-refractivity contribution is -0.115. The van der Waals surface area contributed by atoms with Gasteiger partial charge in [-0.05, 0) is 48.7 Å². The maximum Gasteiger partial charge on any atom is 0.243 e. The van der Waals surface area contributed by atoms with Gasteiger partial charge in [0.15, 0.2) is 5.13 Å². The Kier molecular flexibility index (Phi) is 8.82. The van der Waals surface area contributed by atoms with Crippen molar-refractivity contribution >= 4 is 42.6 Å². The van der Waals surface area contributed by atoms with Crippen molar-refractivity contribution in [3.8, 4) is 5.75 Å². The molecule has 7 nitrogen and oxygen atoms in total. The van der Waals surface area contributed by atoms with E-state index in [1.165, 1.54) is 11.3 Å². The number of benzene rings is 2. The zero-order valence-corrected chi connectivity index (χ0v) is 21.0. The smallest absolute Gasteiger partial charge is 0.243 e. The van der Waals surface area contributed by atoms with E-state index in [4.69, 9.17) is 4.74 Å². The molecule has 1 N–H and O–H groups in total. The monoisotopic (exact) mass is 489 g/mol. The number of rotatable bonds is 12. The summed E-state index contributed by atoms with van der Waals surface area (Å²) in [5.41, 5.74) is 1.52. The molecule has 0 atom stereocenters. The van der Waals surface area contributed by atoms with E-state index in [2.05, 4.69) is 24.1 Å². The van der Waals surface area contributed by atoms with Gasteiger partial charge in [-0.15, -0.1) is 0 Å². The third kappa shape index (κ3) is 6.52. The fourth-order valence-electron chi connectivity index (χ4n) is 3.38. The van der Waals surface area contributed by atoms with Crippen molar-refractivity contribution in [1.82, 2.24) is 9.29 Å². The van der Waals surface area contributed by atoms with Crippen LogP contribution < -0.4 is 10.1 Å². The fourth-order valence-corrected chi connectivity index (χ4v) is 5.92. The molecule has 9 heteroatoms. The summed E-state index contributed by atoms with van der Waals surface area (Å²) in [4.78, 5) is 17.2. The molecule has 1 aromatic heterocycles. The van der Waals surface area contributed by atoms with Crippen LogP contribution >= 0.6 is 11.3 Å². The first-order valence-corrected chi connectivity index (χ1v) is 13.5. The van der Waals surface area contributed by atoms with Crippen LogP contribution in [0.2, 0.25) is 0 Å². The van der Waals surface area contributed by atoms with E-state index in [-0.39, 0.29) is 17.2 Å². The standard InChI is InChI=1S/C24H31N3O4S2/c1-4-6-14-27(15-7-5-2)33(29,30)20-12-13-21-22(17-20)32-24(25-21)26-23(28)16-18-8-10-19(31-3)11-9-18/h8-13,17H,4-7,14-16H2,1-3H3,(H,25,26,28). The van der Waals surface area contributed by atoms with Gasteiger partial charge < -0.3 is 10.1 Å². The lowest BCUT2D eigenvalue weighted by atomic mass is 10.1. The second-order valence-electron chi connectivity index (χ2n) is 7.83. The molecule has 0 aliphatic heterocycles. The molecule has 0 unspecified atom stereocenters. The SMILES string of the molecule is CCCCN(CCCC)S(=O)(=O)c1ccc2nc(NC(=O)Cc3ccc(OC)cc3)sc2c1. The van der Waals surface area contributed by atoms with E-state index >= 15 is 0 Å². The molecule has 0 bridgehead atoms. The second kappa shape index (κ2) is 11.6. The van der Waals surface area contributed by atoms with Crippen molar-refractivity contribution in [2.45, 2.75) is 50.8 Å². The number of amides is 1. The number of sulfonamides is 1. The average molecular weight is 490 g/mol. The van der Waals surface area contributed by atoms with Crippen LogP contribution in [0.5, 0.6) is 5.75 Å². The maximum atomic E-state index is 13.3. The Bertz CT molecular complexity index is 1170. The summed E-state index contributed by atoms with van der Waals surface area (Å²) < 4.78 is 33.9. The molecule has 3 aromatic rings. The molecule has 0 radical (unpaired) electrons. The third-order valence-electron chi connectivity index (χ3n) is 5.29. The Balaban J connectivity index is 1.75. The molecule has 0 aliphatic carbocycles. The summed E-state index contributed by atoms with van der Waals surface area (Å²) in [5, 5.41) is 3.27. The van der Waals surface area contributed by atoms with Gasteiger partial charge in [0.05, 0.1) is 28.6 Å². The summed E-state index contributed by atoms with van der Waals surface area (Å²) in [5.74, 6) is 0.552. The molecule has 2 aromatic carbocycles. The van der Waals surface area contributed by atoms with Gasteiger partial charge in [-0.1, -0.05) is 50.2 Å². The van der Waals surface area contributed by atoms with Crippen molar-refractivity contribution in [2.24, 2.45) is 0 Å². The number of carbonyl (C=O) groups excluding carboxylic acids is 1. The largest absolute Gasteiger partial charge is 0.497 e. The predicted octanol–water partition coefficient (Wildman–Crippen LogP) is 5.08. The van der Waals surface area contributed by atoms with Crippen LogP contribution in [0.3, 0.4) is 0 Å². The van der Waals surface area contributed by atoms with E-state index in [9.17, 15) is 13.2 Å². The number of fused-ring (bicyclic) bond motifs is 1. The van der Waals surface area contributed by atoms with Gasteiger partial charge in [0.25, 0.3) is 0 Å². The van der Waals surface area contributed by atoms with Crippen LogP contribution in [0.25, 0.3) is 10.2 Å². The summed E-state index contributed by atoms with van der Waals surface area (Å²) in [6, 6.07) is 12.3. The number of anilines is 1. The minimum absolute atomic E-state index is 0.183. The number of thiazole rings is 1. The van der Waals surface area contributed by atoms with Crippen LogP contribution in [0, 0.1) is 0 Å². The zero-order chi connectivity index (χ0) is 23.8. The molecule has 0 saturated carbocycles. The first kappa shape index (κ1) is 25.1. The molecule has 0 saturated heterocycles. The molecule has 0 fully saturated rings. The van der Waals surface area contributed by atoms with E-state index in [1.807, 2.05) is 24.3 Å². The van der Waals surface area contributed by atoms with Crippen LogP contribution in [0.15, 0.2) is 47.4 Å². The van der Waals surface area contributed by atoms with E-state index in [0.717, 1.165) is 41.7 Å². The lowest BCUT2D eigenvalue weighted by Crippen LogP contribution is -2.33. The Hall–Kier alpha value is -2.49. The molecule has 3 rings (SSSR count). The summed E-state index contributed by atoms with van der Waals surface area (Å²) in [7, 11) is -1.99. The number of carbonyl (C=O) groups is 1. The van der Waals surface area contributed by atoms with E-state index in [1.54, 1.807) is 29.6 Å². The molecule has 178 valence electrons. The summed E-state index contributed by atoms with van der Waals surface area (Å²) >= 11 is 1.27. The number of methoxy groups -OCH3 is 1. The zero-order valence-electron chi connectivity index (χ0n) is 19.3. The molecule has 0 spiro atoms. The van der Waals surface area contributed by atoms with Crippen molar-refractivity contribution in [3.63, 3.8) is 0 Å². The van der Waals surface area contributed by atoms with Gasteiger partial charge >= 0.3 is 0 Å². The molecule has 1 heterocycles. The second-order valence-corrected chi connectivity index (χ2v) is 10.8. The minimum Gasteiger partial charge on any atom is -0.497 e. The summed E-state index contributed by atoms with van der Waals surface area (Å²) in [6.07, 6.45) is 3.74. The Morgan fingerprint density at radius 3 is 2.33 bits per heavy atom. The number of aromatic nitrogens is 1. The average Bonchev–Trinajstić information content (AvgIpc) is 3.20. The number of hydrogen-bond donors (Lipinski definition) is 1. The van der Waals surface area contributed by atoms with Gasteiger partial charge in [-0.3, -0.25) is 4.79 Å². The highest BCUT2D eigenvalue weighted by Crippen LogP contribution is 2.29. The predicted molar refractivity (Wildman–Crippen MR) is 134 cm³/mol. The van der Waals surface area contributed by atoms with Crippen molar-refractivity contribution in [1.29, 1.82) is 0 Å². The normalized spacial score (nSPS) is 11.8. The van der Waals surface area contributed by atoms with Gasteiger partial charge in [-0.25, -0.2) is 13.4 Å².